The number of nitrogens with two attached hydrogens (primary N) is 1. The highest BCUT2D eigenvalue weighted by Crippen LogP contribution is 2.28. The lowest BCUT2D eigenvalue weighted by molar-refractivity contribution is 0.0698. The van der Waals surface area contributed by atoms with Gasteiger partial charge in [-0.05, 0) is 32.4 Å². The topological polar surface area (TPSA) is 95.6 Å². The molecule has 0 radical (unpaired) electrons. The quantitative estimate of drug-likeness (QED) is 0.601. The van der Waals surface area contributed by atoms with Crippen molar-refractivity contribution in [1.29, 1.82) is 0 Å². The van der Waals surface area contributed by atoms with Gasteiger partial charge in [-0.15, -0.1) is 0 Å². The highest BCUT2D eigenvalue weighted by Gasteiger charge is 2.23. The maximum atomic E-state index is 13.2. The second-order valence-corrected chi connectivity index (χ2v) is 4.67. The molecular weight excluding hydrogens is 239 g/mol. The summed E-state index contributed by atoms with van der Waals surface area (Å²) in [7, 11) is 0. The number of aliphatic hydroxyl groups is 1. The highest BCUT2D eigenvalue weighted by molar-refractivity contribution is 6.00. The zero-order chi connectivity index (χ0) is 13.9. The molecule has 0 saturated carbocycles. The molecule has 0 fully saturated rings. The molecule has 0 heterocycles. The Labute approximate surface area is 104 Å². The molecule has 18 heavy (non-hydrogen) atoms. The third kappa shape index (κ3) is 3.10. The van der Waals surface area contributed by atoms with Crippen LogP contribution in [-0.2, 0) is 0 Å². The van der Waals surface area contributed by atoms with E-state index in [-0.39, 0.29) is 17.9 Å². The van der Waals surface area contributed by atoms with Crippen LogP contribution in [0.4, 0.5) is 15.8 Å². The summed E-state index contributed by atoms with van der Waals surface area (Å²) in [6.07, 6.45) is 0.420. The van der Waals surface area contributed by atoms with Crippen molar-refractivity contribution in [2.75, 3.05) is 17.7 Å². The highest BCUT2D eigenvalue weighted by atomic mass is 19.1. The first-order valence-electron chi connectivity index (χ1n) is 5.49. The van der Waals surface area contributed by atoms with Crippen molar-refractivity contribution in [3.8, 4) is 0 Å². The first-order chi connectivity index (χ1) is 8.28. The van der Waals surface area contributed by atoms with Crippen molar-refractivity contribution in [3.63, 3.8) is 0 Å². The SMILES string of the molecule is CC(C)(CCO)Nc1ccc(F)c(N)c1C(=O)O. The standard InChI is InChI=1S/C12H17FN2O3/c1-12(2,5-6-16)15-8-4-3-7(13)10(14)9(8)11(17)18/h3-4,15-16H,5-6,14H2,1-2H3,(H,17,18). The van der Waals surface area contributed by atoms with Crippen molar-refractivity contribution in [2.45, 2.75) is 25.8 Å². The number of benzene rings is 1. The first kappa shape index (κ1) is 14.2. The van der Waals surface area contributed by atoms with E-state index in [4.69, 9.17) is 15.9 Å². The molecule has 0 saturated heterocycles. The second-order valence-electron chi connectivity index (χ2n) is 4.67. The van der Waals surface area contributed by atoms with Crippen LogP contribution in [0.5, 0.6) is 0 Å². The van der Waals surface area contributed by atoms with E-state index in [1.54, 1.807) is 13.8 Å². The van der Waals surface area contributed by atoms with E-state index in [1.807, 2.05) is 0 Å². The summed E-state index contributed by atoms with van der Waals surface area (Å²) < 4.78 is 13.2. The van der Waals surface area contributed by atoms with E-state index in [0.717, 1.165) is 6.07 Å². The molecule has 0 spiro atoms. The van der Waals surface area contributed by atoms with Gasteiger partial charge in [0.05, 0.1) is 11.4 Å². The van der Waals surface area contributed by atoms with Crippen molar-refractivity contribution in [1.82, 2.24) is 0 Å². The molecule has 1 rings (SSSR count). The Morgan fingerprint density at radius 3 is 2.61 bits per heavy atom. The van der Waals surface area contributed by atoms with Gasteiger partial charge < -0.3 is 21.3 Å². The van der Waals surface area contributed by atoms with Gasteiger partial charge in [0.1, 0.15) is 11.4 Å². The molecule has 0 aliphatic rings. The zero-order valence-corrected chi connectivity index (χ0v) is 10.3. The first-order valence-corrected chi connectivity index (χ1v) is 5.49. The third-order valence-electron chi connectivity index (χ3n) is 2.62. The summed E-state index contributed by atoms with van der Waals surface area (Å²) >= 11 is 0. The fourth-order valence-corrected chi connectivity index (χ4v) is 1.64. The molecule has 0 aliphatic carbocycles. The number of rotatable bonds is 5. The van der Waals surface area contributed by atoms with Gasteiger partial charge in [0.15, 0.2) is 0 Å². The molecular formula is C12H17FN2O3. The Morgan fingerprint density at radius 2 is 2.11 bits per heavy atom. The normalized spacial score (nSPS) is 11.3. The predicted molar refractivity (Wildman–Crippen MR) is 67.2 cm³/mol. The van der Waals surface area contributed by atoms with Crippen molar-refractivity contribution >= 4 is 17.3 Å². The van der Waals surface area contributed by atoms with Crippen molar-refractivity contribution in [3.05, 3.63) is 23.5 Å². The summed E-state index contributed by atoms with van der Waals surface area (Å²) in [5, 5.41) is 20.9. The number of aliphatic hydroxyl groups excluding tert-OH is 1. The average molecular weight is 256 g/mol. The number of hydrogen-bond acceptors (Lipinski definition) is 4. The fourth-order valence-electron chi connectivity index (χ4n) is 1.64. The summed E-state index contributed by atoms with van der Waals surface area (Å²) in [4.78, 5) is 11.1. The summed E-state index contributed by atoms with van der Waals surface area (Å²) in [6.45, 7) is 3.56. The number of nitrogens with one attached hydrogen (secondary N) is 1. The van der Waals surface area contributed by atoms with Crippen LogP contribution >= 0.6 is 0 Å². The van der Waals surface area contributed by atoms with Gasteiger partial charge in [0, 0.05) is 12.1 Å². The fraction of sp³-hybridized carbons (Fsp3) is 0.417. The molecule has 6 heteroatoms. The molecule has 0 aliphatic heterocycles. The van der Waals surface area contributed by atoms with Gasteiger partial charge in [0.2, 0.25) is 0 Å². The van der Waals surface area contributed by atoms with Crippen LogP contribution in [0.2, 0.25) is 0 Å². The van der Waals surface area contributed by atoms with E-state index < -0.39 is 23.0 Å². The number of anilines is 2. The monoisotopic (exact) mass is 256 g/mol. The largest absolute Gasteiger partial charge is 0.478 e. The number of carboxylic acid groups (broad SMARTS) is 1. The van der Waals surface area contributed by atoms with Crippen molar-refractivity contribution < 1.29 is 19.4 Å². The van der Waals surface area contributed by atoms with E-state index in [1.165, 1.54) is 6.07 Å². The Morgan fingerprint density at radius 1 is 1.50 bits per heavy atom. The second kappa shape index (κ2) is 5.22. The van der Waals surface area contributed by atoms with Gasteiger partial charge in [0.25, 0.3) is 0 Å². The Kier molecular flexibility index (Phi) is 4.13. The van der Waals surface area contributed by atoms with Gasteiger partial charge >= 0.3 is 5.97 Å². The molecule has 1 aromatic rings. The third-order valence-corrected chi connectivity index (χ3v) is 2.62. The smallest absolute Gasteiger partial charge is 0.340 e. The summed E-state index contributed by atoms with van der Waals surface area (Å²) in [6, 6.07) is 2.44. The predicted octanol–water partition coefficient (Wildman–Crippen LogP) is 1.68. The molecule has 1 aromatic carbocycles. The van der Waals surface area contributed by atoms with E-state index in [9.17, 15) is 9.18 Å². The van der Waals surface area contributed by atoms with Crippen molar-refractivity contribution in [2.24, 2.45) is 0 Å². The number of carbonyl (C=O) groups is 1. The maximum absolute atomic E-state index is 13.2. The Hall–Kier alpha value is -1.82. The number of hydrogen-bond donors (Lipinski definition) is 4. The van der Waals surface area contributed by atoms with Crippen LogP contribution in [0.15, 0.2) is 12.1 Å². The zero-order valence-electron chi connectivity index (χ0n) is 10.3. The minimum Gasteiger partial charge on any atom is -0.478 e. The molecule has 0 bridgehead atoms. The molecule has 5 N–H and O–H groups in total. The minimum atomic E-state index is -1.30. The van der Waals surface area contributed by atoms with Crippen LogP contribution in [0.1, 0.15) is 30.6 Å². The van der Waals surface area contributed by atoms with Crippen LogP contribution in [0.25, 0.3) is 0 Å². The van der Waals surface area contributed by atoms with E-state index in [0.29, 0.717) is 6.42 Å². The lowest BCUT2D eigenvalue weighted by Crippen LogP contribution is -2.33. The minimum absolute atomic E-state index is 0.0426. The number of aromatic carboxylic acids is 1. The van der Waals surface area contributed by atoms with Crippen LogP contribution in [-0.4, -0.2) is 28.3 Å². The molecule has 0 unspecified atom stereocenters. The Bertz CT molecular complexity index is 461. The maximum Gasteiger partial charge on any atom is 0.340 e. The lowest BCUT2D eigenvalue weighted by atomic mass is 9.99. The van der Waals surface area contributed by atoms with E-state index >= 15 is 0 Å². The average Bonchev–Trinajstić information content (AvgIpc) is 2.22. The molecule has 0 atom stereocenters. The lowest BCUT2D eigenvalue weighted by Gasteiger charge is -2.28. The van der Waals surface area contributed by atoms with Gasteiger partial charge in [-0.1, -0.05) is 0 Å². The molecule has 0 amide bonds. The van der Waals surface area contributed by atoms with Gasteiger partial charge in [-0.3, -0.25) is 0 Å². The molecule has 5 nitrogen and oxygen atoms in total. The van der Waals surface area contributed by atoms with Crippen LogP contribution < -0.4 is 11.1 Å². The number of carboxylic acids is 1. The number of nitrogen functional groups attached to an aromatic ring is 1. The van der Waals surface area contributed by atoms with Crippen LogP contribution in [0, 0.1) is 5.82 Å². The molecule has 100 valence electrons. The molecule has 0 aromatic heterocycles. The van der Waals surface area contributed by atoms with Gasteiger partial charge in [-0.25, -0.2) is 9.18 Å². The van der Waals surface area contributed by atoms with Crippen LogP contribution in [0.3, 0.4) is 0 Å². The van der Waals surface area contributed by atoms with E-state index in [2.05, 4.69) is 5.32 Å². The summed E-state index contributed by atoms with van der Waals surface area (Å²) in [5.74, 6) is -2.06. The van der Waals surface area contributed by atoms with Gasteiger partial charge in [-0.2, -0.15) is 0 Å². The Balaban J connectivity index is 3.17. The summed E-state index contributed by atoms with van der Waals surface area (Å²) in [5.41, 5.74) is 4.46. The number of halogens is 1.